The molecule has 12 heavy (non-hydrogen) atoms. The summed E-state index contributed by atoms with van der Waals surface area (Å²) in [5, 5.41) is 4.47. The predicted molar refractivity (Wildman–Crippen MR) is 46.2 cm³/mol. The molecule has 2 heterocycles. The molecule has 3 nitrogen and oxygen atoms in total. The van der Waals surface area contributed by atoms with E-state index in [0.29, 0.717) is 12.0 Å². The van der Waals surface area contributed by atoms with Gasteiger partial charge in [0.25, 0.3) is 0 Å². The van der Waals surface area contributed by atoms with Gasteiger partial charge in [-0.15, -0.1) is 0 Å². The van der Waals surface area contributed by atoms with Crippen molar-refractivity contribution < 1.29 is 4.74 Å². The molecule has 0 bridgehead atoms. The van der Waals surface area contributed by atoms with Crippen molar-refractivity contribution in [3.05, 3.63) is 18.0 Å². The van der Waals surface area contributed by atoms with Gasteiger partial charge in [0.2, 0.25) is 0 Å². The minimum atomic E-state index is 0.484. The molecule has 1 fully saturated rings. The van der Waals surface area contributed by atoms with E-state index in [-0.39, 0.29) is 0 Å². The summed E-state index contributed by atoms with van der Waals surface area (Å²) in [4.78, 5) is 0. The van der Waals surface area contributed by atoms with Gasteiger partial charge >= 0.3 is 0 Å². The molecule has 2 rings (SSSR count). The van der Waals surface area contributed by atoms with Gasteiger partial charge < -0.3 is 4.74 Å². The summed E-state index contributed by atoms with van der Waals surface area (Å²) in [6.45, 7) is 5.95. The van der Waals surface area contributed by atoms with E-state index in [9.17, 15) is 0 Å². The van der Waals surface area contributed by atoms with Gasteiger partial charge in [0.05, 0.1) is 24.9 Å². The molecule has 0 unspecified atom stereocenters. The number of aromatic nitrogens is 2. The lowest BCUT2D eigenvalue weighted by atomic mass is 10.1. The Morgan fingerprint density at radius 1 is 1.58 bits per heavy atom. The van der Waals surface area contributed by atoms with Crippen molar-refractivity contribution in [2.75, 3.05) is 13.2 Å². The average Bonchev–Trinajstić information content (AvgIpc) is 2.32. The zero-order valence-corrected chi connectivity index (χ0v) is 7.53. The first-order chi connectivity index (χ1) is 5.77. The van der Waals surface area contributed by atoms with E-state index < -0.39 is 0 Å². The van der Waals surface area contributed by atoms with Gasteiger partial charge in [-0.3, -0.25) is 4.68 Å². The Morgan fingerprint density at radius 3 is 2.75 bits per heavy atom. The van der Waals surface area contributed by atoms with E-state index in [1.165, 1.54) is 5.69 Å². The SMILES string of the molecule is CC(C)c1ccn(C2COC2)n1. The van der Waals surface area contributed by atoms with Crippen molar-refractivity contribution in [2.45, 2.75) is 25.8 Å². The van der Waals surface area contributed by atoms with Crippen LogP contribution in [0.2, 0.25) is 0 Å². The van der Waals surface area contributed by atoms with E-state index in [1.807, 2.05) is 10.9 Å². The van der Waals surface area contributed by atoms with Crippen LogP contribution in [0.4, 0.5) is 0 Å². The molecule has 0 radical (unpaired) electrons. The molecule has 3 heteroatoms. The summed E-state index contributed by atoms with van der Waals surface area (Å²) in [6, 6.07) is 2.57. The quantitative estimate of drug-likeness (QED) is 0.667. The molecule has 1 saturated heterocycles. The molecular weight excluding hydrogens is 152 g/mol. The molecule has 66 valence electrons. The monoisotopic (exact) mass is 166 g/mol. The van der Waals surface area contributed by atoms with Gasteiger partial charge in [-0.05, 0) is 12.0 Å². The van der Waals surface area contributed by atoms with Gasteiger partial charge in [0.1, 0.15) is 0 Å². The molecule has 1 aromatic heterocycles. The van der Waals surface area contributed by atoms with Crippen molar-refractivity contribution >= 4 is 0 Å². The second kappa shape index (κ2) is 2.90. The van der Waals surface area contributed by atoms with Gasteiger partial charge in [-0.1, -0.05) is 13.8 Å². The maximum atomic E-state index is 5.10. The number of hydrogen-bond donors (Lipinski definition) is 0. The van der Waals surface area contributed by atoms with Crippen LogP contribution in [0, 0.1) is 0 Å². The zero-order chi connectivity index (χ0) is 8.55. The standard InChI is InChI=1S/C9H14N2O/c1-7(2)9-3-4-11(10-9)8-5-12-6-8/h3-4,7-8H,5-6H2,1-2H3. The highest BCUT2D eigenvalue weighted by atomic mass is 16.5. The molecule has 0 spiro atoms. The third-order valence-electron chi connectivity index (χ3n) is 2.22. The smallest absolute Gasteiger partial charge is 0.0985 e. The average molecular weight is 166 g/mol. The lowest BCUT2D eigenvalue weighted by Gasteiger charge is -2.26. The predicted octanol–water partition coefficient (Wildman–Crippen LogP) is 1.58. The van der Waals surface area contributed by atoms with Crippen LogP contribution < -0.4 is 0 Å². The molecule has 0 saturated carbocycles. The van der Waals surface area contributed by atoms with Gasteiger partial charge in [0.15, 0.2) is 0 Å². The van der Waals surface area contributed by atoms with Crippen molar-refractivity contribution in [3.8, 4) is 0 Å². The minimum absolute atomic E-state index is 0.484. The fourth-order valence-corrected chi connectivity index (χ4v) is 1.24. The number of ether oxygens (including phenoxy) is 1. The summed E-state index contributed by atoms with van der Waals surface area (Å²) in [5.41, 5.74) is 1.17. The van der Waals surface area contributed by atoms with E-state index in [2.05, 4.69) is 25.0 Å². The van der Waals surface area contributed by atoms with E-state index in [0.717, 1.165) is 13.2 Å². The zero-order valence-electron chi connectivity index (χ0n) is 7.53. The fourth-order valence-electron chi connectivity index (χ4n) is 1.24. The topological polar surface area (TPSA) is 27.1 Å². The first kappa shape index (κ1) is 7.80. The summed E-state index contributed by atoms with van der Waals surface area (Å²) in [5.74, 6) is 0.521. The molecule has 0 aromatic carbocycles. The van der Waals surface area contributed by atoms with Crippen LogP contribution in [0.3, 0.4) is 0 Å². The Balaban J connectivity index is 2.12. The van der Waals surface area contributed by atoms with E-state index >= 15 is 0 Å². The van der Waals surface area contributed by atoms with Crippen LogP contribution in [0.1, 0.15) is 31.5 Å². The van der Waals surface area contributed by atoms with Crippen LogP contribution in [-0.4, -0.2) is 23.0 Å². The van der Waals surface area contributed by atoms with Crippen molar-refractivity contribution in [1.82, 2.24) is 9.78 Å². The van der Waals surface area contributed by atoms with Crippen LogP contribution in [0.25, 0.3) is 0 Å². The molecule has 1 aromatic rings. The Hall–Kier alpha value is -0.830. The Morgan fingerprint density at radius 2 is 2.33 bits per heavy atom. The van der Waals surface area contributed by atoms with Crippen molar-refractivity contribution in [3.63, 3.8) is 0 Å². The maximum absolute atomic E-state index is 5.10. The minimum Gasteiger partial charge on any atom is -0.377 e. The summed E-state index contributed by atoms with van der Waals surface area (Å²) >= 11 is 0. The van der Waals surface area contributed by atoms with Gasteiger partial charge in [-0.2, -0.15) is 5.10 Å². The van der Waals surface area contributed by atoms with Crippen LogP contribution in [0.5, 0.6) is 0 Å². The van der Waals surface area contributed by atoms with E-state index in [1.54, 1.807) is 0 Å². The first-order valence-corrected chi connectivity index (χ1v) is 4.40. The van der Waals surface area contributed by atoms with Crippen LogP contribution in [0.15, 0.2) is 12.3 Å². The Kier molecular flexibility index (Phi) is 1.89. The molecule has 0 aliphatic carbocycles. The number of nitrogens with zero attached hydrogens (tertiary/aromatic N) is 2. The normalized spacial score (nSPS) is 18.2. The highest BCUT2D eigenvalue weighted by Gasteiger charge is 2.21. The molecule has 0 atom stereocenters. The third kappa shape index (κ3) is 1.25. The van der Waals surface area contributed by atoms with E-state index in [4.69, 9.17) is 4.74 Å². The van der Waals surface area contributed by atoms with Crippen molar-refractivity contribution in [2.24, 2.45) is 0 Å². The highest BCUT2D eigenvalue weighted by molar-refractivity contribution is 5.04. The van der Waals surface area contributed by atoms with Crippen molar-refractivity contribution in [1.29, 1.82) is 0 Å². The lowest BCUT2D eigenvalue weighted by Crippen LogP contribution is -2.31. The van der Waals surface area contributed by atoms with Crippen LogP contribution >= 0.6 is 0 Å². The number of rotatable bonds is 2. The Bertz CT molecular complexity index is 263. The van der Waals surface area contributed by atoms with Gasteiger partial charge in [0, 0.05) is 6.20 Å². The Labute approximate surface area is 72.3 Å². The second-order valence-corrected chi connectivity index (χ2v) is 3.57. The largest absolute Gasteiger partial charge is 0.377 e. The lowest BCUT2D eigenvalue weighted by molar-refractivity contribution is -0.0288. The summed E-state index contributed by atoms with van der Waals surface area (Å²) < 4.78 is 7.11. The van der Waals surface area contributed by atoms with Crippen LogP contribution in [-0.2, 0) is 4.74 Å². The van der Waals surface area contributed by atoms with Gasteiger partial charge in [-0.25, -0.2) is 0 Å². The molecule has 1 aliphatic heterocycles. The summed E-state index contributed by atoms with van der Waals surface area (Å²) in [7, 11) is 0. The molecular formula is C9H14N2O. The maximum Gasteiger partial charge on any atom is 0.0985 e. The fraction of sp³-hybridized carbons (Fsp3) is 0.667. The highest BCUT2D eigenvalue weighted by Crippen LogP contribution is 2.18. The molecule has 1 aliphatic rings. The first-order valence-electron chi connectivity index (χ1n) is 4.40. The molecule has 0 amide bonds. The second-order valence-electron chi connectivity index (χ2n) is 3.57. The summed E-state index contributed by atoms with van der Waals surface area (Å²) in [6.07, 6.45) is 2.04. The molecule has 0 N–H and O–H groups in total. The third-order valence-corrected chi connectivity index (χ3v) is 2.22. The number of hydrogen-bond acceptors (Lipinski definition) is 2.